The molecule has 1 aromatic rings. The predicted molar refractivity (Wildman–Crippen MR) is 59.0 cm³/mol. The van der Waals surface area contributed by atoms with Crippen LogP contribution in [0.2, 0.25) is 0 Å². The second-order valence-electron chi connectivity index (χ2n) is 4.22. The maximum absolute atomic E-state index is 10.0. The molecule has 0 radical (unpaired) electrons. The van der Waals surface area contributed by atoms with Crippen LogP contribution in [0.25, 0.3) is 0 Å². The van der Waals surface area contributed by atoms with Crippen molar-refractivity contribution in [2.45, 2.75) is 31.2 Å². The fourth-order valence-corrected chi connectivity index (χ4v) is 2.36. The summed E-state index contributed by atoms with van der Waals surface area (Å²) in [7, 11) is 1.55. The van der Waals surface area contributed by atoms with Gasteiger partial charge in [0.05, 0.1) is 7.11 Å². The number of aromatic hydroxyl groups is 1. The predicted octanol–water partition coefficient (Wildman–Crippen LogP) is 2.13. The standard InChI is InChI=1S/C12H17NO2/c1-15-10-6-4-5-9(11(10)14)12(13)7-2-3-8-12/h4-6,14H,2-3,7-8,13H2,1H3. The van der Waals surface area contributed by atoms with Gasteiger partial charge in [-0.05, 0) is 18.9 Å². The van der Waals surface area contributed by atoms with Crippen molar-refractivity contribution in [3.63, 3.8) is 0 Å². The van der Waals surface area contributed by atoms with E-state index in [1.165, 1.54) is 0 Å². The molecule has 0 unspecified atom stereocenters. The normalized spacial score (nSPS) is 19.1. The summed E-state index contributed by atoms with van der Waals surface area (Å²) in [4.78, 5) is 0. The molecule has 3 heteroatoms. The third-order valence-corrected chi connectivity index (χ3v) is 3.25. The van der Waals surface area contributed by atoms with E-state index in [9.17, 15) is 5.11 Å². The minimum Gasteiger partial charge on any atom is -0.504 e. The van der Waals surface area contributed by atoms with Gasteiger partial charge in [-0.15, -0.1) is 0 Å². The monoisotopic (exact) mass is 207 g/mol. The van der Waals surface area contributed by atoms with Crippen LogP contribution in [0.3, 0.4) is 0 Å². The Balaban J connectivity index is 2.43. The van der Waals surface area contributed by atoms with Crippen LogP contribution in [-0.2, 0) is 5.54 Å². The average molecular weight is 207 g/mol. The molecule has 0 amide bonds. The molecule has 15 heavy (non-hydrogen) atoms. The van der Waals surface area contributed by atoms with Crippen LogP contribution in [0.4, 0.5) is 0 Å². The zero-order valence-electron chi connectivity index (χ0n) is 8.99. The number of methoxy groups -OCH3 is 1. The topological polar surface area (TPSA) is 55.5 Å². The first-order chi connectivity index (χ1) is 7.17. The number of nitrogens with two attached hydrogens (primary N) is 1. The van der Waals surface area contributed by atoms with Gasteiger partial charge in [-0.3, -0.25) is 0 Å². The van der Waals surface area contributed by atoms with Crippen LogP contribution < -0.4 is 10.5 Å². The van der Waals surface area contributed by atoms with Crippen molar-refractivity contribution in [2.75, 3.05) is 7.11 Å². The molecule has 3 nitrogen and oxygen atoms in total. The quantitative estimate of drug-likeness (QED) is 0.781. The molecule has 0 atom stereocenters. The van der Waals surface area contributed by atoms with Gasteiger partial charge in [0, 0.05) is 11.1 Å². The van der Waals surface area contributed by atoms with Crippen LogP contribution in [0.15, 0.2) is 18.2 Å². The molecule has 1 aromatic carbocycles. The van der Waals surface area contributed by atoms with E-state index in [-0.39, 0.29) is 11.3 Å². The van der Waals surface area contributed by atoms with Gasteiger partial charge in [-0.2, -0.15) is 0 Å². The largest absolute Gasteiger partial charge is 0.504 e. The average Bonchev–Trinajstić information content (AvgIpc) is 2.66. The molecular formula is C12H17NO2. The molecule has 1 fully saturated rings. The molecular weight excluding hydrogens is 190 g/mol. The Morgan fingerprint density at radius 3 is 2.60 bits per heavy atom. The summed E-state index contributed by atoms with van der Waals surface area (Å²) < 4.78 is 5.08. The third-order valence-electron chi connectivity index (χ3n) is 3.25. The first kappa shape index (κ1) is 10.3. The lowest BCUT2D eigenvalue weighted by Crippen LogP contribution is -2.33. The first-order valence-corrected chi connectivity index (χ1v) is 5.33. The molecule has 0 aliphatic heterocycles. The highest BCUT2D eigenvalue weighted by molar-refractivity contribution is 5.48. The third kappa shape index (κ3) is 1.67. The maximum Gasteiger partial charge on any atom is 0.162 e. The van der Waals surface area contributed by atoms with E-state index >= 15 is 0 Å². The molecule has 2 rings (SSSR count). The smallest absolute Gasteiger partial charge is 0.162 e. The highest BCUT2D eigenvalue weighted by atomic mass is 16.5. The summed E-state index contributed by atoms with van der Waals surface area (Å²) in [5, 5.41) is 10.0. The first-order valence-electron chi connectivity index (χ1n) is 5.33. The summed E-state index contributed by atoms with van der Waals surface area (Å²) in [6.45, 7) is 0. The second-order valence-corrected chi connectivity index (χ2v) is 4.22. The van der Waals surface area contributed by atoms with Crippen LogP contribution in [-0.4, -0.2) is 12.2 Å². The summed E-state index contributed by atoms with van der Waals surface area (Å²) in [6.07, 6.45) is 4.14. The zero-order chi connectivity index (χ0) is 10.9. The molecule has 3 N–H and O–H groups in total. The molecule has 0 heterocycles. The van der Waals surface area contributed by atoms with E-state index in [0.29, 0.717) is 5.75 Å². The minimum absolute atomic E-state index is 0.199. The van der Waals surface area contributed by atoms with E-state index < -0.39 is 0 Å². The molecule has 1 aliphatic carbocycles. The summed E-state index contributed by atoms with van der Waals surface area (Å²) >= 11 is 0. The van der Waals surface area contributed by atoms with Crippen LogP contribution >= 0.6 is 0 Å². The van der Waals surface area contributed by atoms with E-state index in [1.54, 1.807) is 13.2 Å². The summed E-state index contributed by atoms with van der Waals surface area (Å²) in [6, 6.07) is 5.52. The molecule has 0 aromatic heterocycles. The van der Waals surface area contributed by atoms with Crippen molar-refractivity contribution < 1.29 is 9.84 Å². The Hall–Kier alpha value is -1.22. The molecule has 0 spiro atoms. The number of para-hydroxylation sites is 1. The lowest BCUT2D eigenvalue weighted by Gasteiger charge is -2.25. The molecule has 0 saturated heterocycles. The highest BCUT2D eigenvalue weighted by Crippen LogP contribution is 2.43. The van der Waals surface area contributed by atoms with Crippen molar-refractivity contribution in [2.24, 2.45) is 5.73 Å². The number of hydrogen-bond donors (Lipinski definition) is 2. The van der Waals surface area contributed by atoms with Crippen LogP contribution in [0.1, 0.15) is 31.2 Å². The number of phenols is 1. The second kappa shape index (κ2) is 3.74. The molecule has 82 valence electrons. The Kier molecular flexibility index (Phi) is 2.57. The SMILES string of the molecule is COc1cccc(C2(N)CCCC2)c1O. The van der Waals surface area contributed by atoms with Gasteiger partial charge < -0.3 is 15.6 Å². The van der Waals surface area contributed by atoms with Gasteiger partial charge >= 0.3 is 0 Å². The van der Waals surface area contributed by atoms with Gasteiger partial charge in [0.2, 0.25) is 0 Å². The fourth-order valence-electron chi connectivity index (χ4n) is 2.36. The van der Waals surface area contributed by atoms with Gasteiger partial charge in [0.25, 0.3) is 0 Å². The van der Waals surface area contributed by atoms with Gasteiger partial charge in [-0.25, -0.2) is 0 Å². The van der Waals surface area contributed by atoms with Crippen molar-refractivity contribution in [1.82, 2.24) is 0 Å². The Bertz CT molecular complexity index is 357. The van der Waals surface area contributed by atoms with Gasteiger partial charge in [-0.1, -0.05) is 25.0 Å². The molecule has 1 saturated carbocycles. The lowest BCUT2D eigenvalue weighted by atomic mass is 9.88. The van der Waals surface area contributed by atoms with E-state index in [1.807, 2.05) is 12.1 Å². The van der Waals surface area contributed by atoms with Gasteiger partial charge in [0.15, 0.2) is 11.5 Å². The Morgan fingerprint density at radius 1 is 1.33 bits per heavy atom. The molecule has 1 aliphatic rings. The van der Waals surface area contributed by atoms with E-state index in [4.69, 9.17) is 10.5 Å². The fraction of sp³-hybridized carbons (Fsp3) is 0.500. The van der Waals surface area contributed by atoms with Crippen molar-refractivity contribution >= 4 is 0 Å². The highest BCUT2D eigenvalue weighted by Gasteiger charge is 2.34. The zero-order valence-corrected chi connectivity index (χ0v) is 8.99. The lowest BCUT2D eigenvalue weighted by molar-refractivity contribution is 0.355. The number of rotatable bonds is 2. The maximum atomic E-state index is 10.0. The summed E-state index contributed by atoms with van der Waals surface area (Å²) in [5.74, 6) is 0.702. The van der Waals surface area contributed by atoms with Crippen molar-refractivity contribution in [3.8, 4) is 11.5 Å². The minimum atomic E-state index is -0.362. The van der Waals surface area contributed by atoms with Crippen LogP contribution in [0.5, 0.6) is 11.5 Å². The van der Waals surface area contributed by atoms with Crippen molar-refractivity contribution in [3.05, 3.63) is 23.8 Å². The van der Waals surface area contributed by atoms with Crippen LogP contribution in [0, 0.1) is 0 Å². The van der Waals surface area contributed by atoms with E-state index in [0.717, 1.165) is 31.2 Å². The number of ether oxygens (including phenoxy) is 1. The number of hydrogen-bond acceptors (Lipinski definition) is 3. The number of phenolic OH excluding ortho intramolecular Hbond substituents is 1. The number of benzene rings is 1. The summed E-state index contributed by atoms with van der Waals surface area (Å²) in [5.41, 5.74) is 6.75. The molecule has 0 bridgehead atoms. The van der Waals surface area contributed by atoms with Gasteiger partial charge in [0.1, 0.15) is 0 Å². The van der Waals surface area contributed by atoms with Crippen molar-refractivity contribution in [1.29, 1.82) is 0 Å². The van der Waals surface area contributed by atoms with E-state index in [2.05, 4.69) is 0 Å². The Labute approximate surface area is 89.9 Å². The Morgan fingerprint density at radius 2 is 2.00 bits per heavy atom.